The summed E-state index contributed by atoms with van der Waals surface area (Å²) in [4.78, 5) is 4.12. The van der Waals surface area contributed by atoms with Crippen LogP contribution in [0.5, 0.6) is 0 Å². The van der Waals surface area contributed by atoms with E-state index < -0.39 is 0 Å². The Hall–Kier alpha value is -1.47. The summed E-state index contributed by atoms with van der Waals surface area (Å²) in [6.07, 6.45) is 4.28. The van der Waals surface area contributed by atoms with Crippen molar-refractivity contribution in [1.29, 1.82) is 0 Å². The normalized spacial score (nSPS) is 10.6. The molecule has 0 aliphatic heterocycles. The topological polar surface area (TPSA) is 75.9 Å². The van der Waals surface area contributed by atoms with Crippen molar-refractivity contribution >= 4 is 21.6 Å². The van der Waals surface area contributed by atoms with E-state index in [1.165, 1.54) is 0 Å². The highest BCUT2D eigenvalue weighted by molar-refractivity contribution is 9.10. The van der Waals surface area contributed by atoms with Gasteiger partial charge in [0.2, 0.25) is 0 Å². The predicted octanol–water partition coefficient (Wildman–Crippen LogP) is 1.43. The van der Waals surface area contributed by atoms with Gasteiger partial charge in [0.05, 0.1) is 18.4 Å². The second-order valence-electron chi connectivity index (χ2n) is 3.75. The average molecular weight is 312 g/mol. The molecule has 7 heteroatoms. The molecule has 6 nitrogen and oxygen atoms in total. The number of hydrogen-bond donors (Lipinski definition) is 2. The highest BCUT2D eigenvalue weighted by atomic mass is 79.9. The first kappa shape index (κ1) is 13.0. The zero-order valence-corrected chi connectivity index (χ0v) is 11.3. The highest BCUT2D eigenvalue weighted by Crippen LogP contribution is 2.18. The van der Waals surface area contributed by atoms with Crippen LogP contribution < -0.4 is 5.32 Å². The molecule has 0 amide bonds. The molecule has 2 heterocycles. The molecule has 0 aromatic carbocycles. The first-order valence-electron chi connectivity index (χ1n) is 5.64. The van der Waals surface area contributed by atoms with Gasteiger partial charge in [0.1, 0.15) is 10.3 Å². The van der Waals surface area contributed by atoms with Crippen molar-refractivity contribution in [1.82, 2.24) is 20.0 Å². The van der Waals surface area contributed by atoms with Gasteiger partial charge in [-0.1, -0.05) is 5.21 Å². The summed E-state index contributed by atoms with van der Waals surface area (Å²) in [6, 6.07) is 3.80. The molecule has 0 bridgehead atoms. The van der Waals surface area contributed by atoms with E-state index in [0.29, 0.717) is 19.5 Å². The molecule has 0 spiro atoms. The molecule has 0 unspecified atom stereocenters. The third kappa shape index (κ3) is 3.51. The fourth-order valence-corrected chi connectivity index (χ4v) is 1.86. The van der Waals surface area contributed by atoms with Gasteiger partial charge in [0.25, 0.3) is 0 Å². The quantitative estimate of drug-likeness (QED) is 0.789. The Kier molecular flexibility index (Phi) is 4.66. The van der Waals surface area contributed by atoms with E-state index in [0.717, 1.165) is 16.0 Å². The summed E-state index contributed by atoms with van der Waals surface area (Å²) >= 11 is 3.37. The largest absolute Gasteiger partial charge is 0.396 e. The van der Waals surface area contributed by atoms with Gasteiger partial charge in [0, 0.05) is 19.3 Å². The van der Waals surface area contributed by atoms with Crippen LogP contribution in [0.15, 0.2) is 29.1 Å². The number of aliphatic hydroxyl groups is 1. The maximum absolute atomic E-state index is 8.73. The Balaban J connectivity index is 1.90. The second-order valence-corrected chi connectivity index (χ2v) is 4.50. The molecule has 0 radical (unpaired) electrons. The zero-order valence-electron chi connectivity index (χ0n) is 9.75. The second kappa shape index (κ2) is 6.46. The van der Waals surface area contributed by atoms with Crippen LogP contribution in [-0.4, -0.2) is 31.7 Å². The lowest BCUT2D eigenvalue weighted by molar-refractivity contribution is 0.276. The van der Waals surface area contributed by atoms with E-state index >= 15 is 0 Å². The summed E-state index contributed by atoms with van der Waals surface area (Å²) in [6.45, 7) is 1.43. The molecule has 2 aromatic heterocycles. The molecule has 0 saturated heterocycles. The van der Waals surface area contributed by atoms with Gasteiger partial charge in [0.15, 0.2) is 0 Å². The molecular weight excluding hydrogens is 298 g/mol. The molecule has 0 aliphatic carbocycles. The molecule has 18 heavy (non-hydrogen) atoms. The van der Waals surface area contributed by atoms with Gasteiger partial charge >= 0.3 is 0 Å². The van der Waals surface area contributed by atoms with Crippen molar-refractivity contribution in [2.75, 3.05) is 11.9 Å². The molecule has 2 N–H and O–H groups in total. The smallest absolute Gasteiger partial charge is 0.129 e. The fraction of sp³-hybridized carbons (Fsp3) is 0.364. The first-order chi connectivity index (χ1) is 8.79. The average Bonchev–Trinajstić information content (AvgIpc) is 2.83. The molecular formula is C11H14BrN5O. The maximum Gasteiger partial charge on any atom is 0.129 e. The summed E-state index contributed by atoms with van der Waals surface area (Å²) in [7, 11) is 0. The van der Waals surface area contributed by atoms with Crippen LogP contribution in [0.3, 0.4) is 0 Å². The minimum Gasteiger partial charge on any atom is -0.396 e. The van der Waals surface area contributed by atoms with E-state index in [-0.39, 0.29) is 6.61 Å². The number of pyridine rings is 1. The Morgan fingerprint density at radius 1 is 1.44 bits per heavy atom. The maximum atomic E-state index is 8.73. The number of halogens is 1. The number of aromatic nitrogens is 4. The number of nitrogens with zero attached hydrogens (tertiary/aromatic N) is 4. The van der Waals surface area contributed by atoms with Crippen LogP contribution in [-0.2, 0) is 13.1 Å². The van der Waals surface area contributed by atoms with E-state index in [2.05, 4.69) is 36.5 Å². The standard InChI is InChI=1S/C11H14BrN5O/c12-11-10(3-1-4-13-11)14-7-9-8-17(16-15-9)5-2-6-18/h1,3-4,8,14,18H,2,5-7H2. The highest BCUT2D eigenvalue weighted by Gasteiger charge is 2.03. The predicted molar refractivity (Wildman–Crippen MR) is 71.0 cm³/mol. The van der Waals surface area contributed by atoms with Gasteiger partial charge in [-0.05, 0) is 34.5 Å². The number of anilines is 1. The first-order valence-corrected chi connectivity index (χ1v) is 6.43. The van der Waals surface area contributed by atoms with Gasteiger partial charge in [-0.25, -0.2) is 4.98 Å². The van der Waals surface area contributed by atoms with Crippen molar-refractivity contribution in [2.45, 2.75) is 19.5 Å². The number of aliphatic hydroxyl groups excluding tert-OH is 1. The van der Waals surface area contributed by atoms with E-state index in [4.69, 9.17) is 5.11 Å². The minimum atomic E-state index is 0.163. The third-order valence-electron chi connectivity index (χ3n) is 2.35. The van der Waals surface area contributed by atoms with Crippen LogP contribution in [0, 0.1) is 0 Å². The number of aryl methyl sites for hydroxylation is 1. The zero-order chi connectivity index (χ0) is 12.8. The number of hydrogen-bond acceptors (Lipinski definition) is 5. The lowest BCUT2D eigenvalue weighted by Crippen LogP contribution is -2.01. The molecule has 0 fully saturated rings. The van der Waals surface area contributed by atoms with Crippen molar-refractivity contribution in [3.05, 3.63) is 34.8 Å². The van der Waals surface area contributed by atoms with E-state index in [1.807, 2.05) is 18.3 Å². The summed E-state index contributed by atoms with van der Waals surface area (Å²) in [5, 5.41) is 20.0. The van der Waals surface area contributed by atoms with E-state index in [9.17, 15) is 0 Å². The monoisotopic (exact) mass is 311 g/mol. The van der Waals surface area contributed by atoms with Gasteiger partial charge in [-0.15, -0.1) is 5.10 Å². The van der Waals surface area contributed by atoms with Crippen molar-refractivity contribution in [2.24, 2.45) is 0 Å². The Morgan fingerprint density at radius 2 is 2.33 bits per heavy atom. The summed E-state index contributed by atoms with van der Waals surface area (Å²) in [5.74, 6) is 0. The minimum absolute atomic E-state index is 0.163. The number of rotatable bonds is 6. The fourth-order valence-electron chi connectivity index (χ4n) is 1.47. The van der Waals surface area contributed by atoms with Crippen LogP contribution in [0.2, 0.25) is 0 Å². The lowest BCUT2D eigenvalue weighted by atomic mass is 10.4. The van der Waals surface area contributed by atoms with Crippen molar-refractivity contribution < 1.29 is 5.11 Å². The Morgan fingerprint density at radius 3 is 3.11 bits per heavy atom. The van der Waals surface area contributed by atoms with Crippen LogP contribution in [0.1, 0.15) is 12.1 Å². The Labute approximate surface area is 113 Å². The van der Waals surface area contributed by atoms with Crippen LogP contribution in [0.4, 0.5) is 5.69 Å². The molecule has 0 saturated carbocycles. The molecule has 0 aliphatic rings. The number of nitrogens with one attached hydrogen (secondary N) is 1. The molecule has 2 aromatic rings. The Bertz CT molecular complexity index is 502. The molecule has 0 atom stereocenters. The van der Waals surface area contributed by atoms with Crippen molar-refractivity contribution in [3.8, 4) is 0 Å². The van der Waals surface area contributed by atoms with Crippen molar-refractivity contribution in [3.63, 3.8) is 0 Å². The molecule has 2 rings (SSSR count). The van der Waals surface area contributed by atoms with E-state index in [1.54, 1.807) is 10.9 Å². The summed E-state index contributed by atoms with van der Waals surface area (Å²) in [5.41, 5.74) is 1.77. The van der Waals surface area contributed by atoms with Crippen LogP contribution in [0.25, 0.3) is 0 Å². The molecule has 96 valence electrons. The van der Waals surface area contributed by atoms with Crippen LogP contribution >= 0.6 is 15.9 Å². The van der Waals surface area contributed by atoms with Gasteiger partial charge < -0.3 is 10.4 Å². The lowest BCUT2D eigenvalue weighted by Gasteiger charge is -2.04. The van der Waals surface area contributed by atoms with Gasteiger partial charge in [-0.3, -0.25) is 4.68 Å². The third-order valence-corrected chi connectivity index (χ3v) is 2.98. The van der Waals surface area contributed by atoms with Gasteiger partial charge in [-0.2, -0.15) is 0 Å². The summed E-state index contributed by atoms with van der Waals surface area (Å²) < 4.78 is 2.50. The SMILES string of the molecule is OCCCn1cc(CNc2cccnc2Br)nn1.